The molecule has 164 valence electrons. The summed E-state index contributed by atoms with van der Waals surface area (Å²) in [6.45, 7) is -2.64. The highest BCUT2D eigenvalue weighted by Gasteiger charge is 2.49. The number of fused-ring (bicyclic) bond motifs is 1. The van der Waals surface area contributed by atoms with Gasteiger partial charge in [0, 0.05) is 24.9 Å². The van der Waals surface area contributed by atoms with E-state index in [4.69, 9.17) is 29.7 Å². The number of amides is 1. The molecule has 2 N–H and O–H groups in total. The maximum absolute atomic E-state index is 13.8. The minimum absolute atomic E-state index is 0.0289. The van der Waals surface area contributed by atoms with E-state index in [-0.39, 0.29) is 38.1 Å². The zero-order valence-corrected chi connectivity index (χ0v) is 17.2. The van der Waals surface area contributed by atoms with Crippen molar-refractivity contribution in [2.45, 2.75) is 24.6 Å². The van der Waals surface area contributed by atoms with Crippen molar-refractivity contribution in [3.8, 4) is 5.75 Å². The van der Waals surface area contributed by atoms with Crippen molar-refractivity contribution in [3.63, 3.8) is 0 Å². The molecule has 1 amide bonds. The topological polar surface area (TPSA) is 55.6 Å². The Morgan fingerprint density at radius 2 is 1.84 bits per heavy atom. The maximum atomic E-state index is 13.8. The van der Waals surface area contributed by atoms with Crippen LogP contribution in [0.2, 0.25) is 0 Å². The average molecular weight is 441 g/mol. The summed E-state index contributed by atoms with van der Waals surface area (Å²) < 4.78 is 124. The fourth-order valence-corrected chi connectivity index (χ4v) is 4.48. The number of primary amides is 1. The van der Waals surface area contributed by atoms with Gasteiger partial charge in [0.2, 0.25) is 5.91 Å². The van der Waals surface area contributed by atoms with Gasteiger partial charge in [-0.2, -0.15) is 0 Å². The molecule has 5 rings (SSSR count). The molecule has 32 heavy (non-hydrogen) atoms. The van der Waals surface area contributed by atoms with Gasteiger partial charge < -0.3 is 15.4 Å². The lowest BCUT2D eigenvalue weighted by Crippen LogP contribution is -2.49. The molecule has 1 saturated heterocycles. The fourth-order valence-electron chi connectivity index (χ4n) is 4.48. The third-order valence-electron chi connectivity index (χ3n) is 6.02. The summed E-state index contributed by atoms with van der Waals surface area (Å²) >= 11 is 0. The van der Waals surface area contributed by atoms with Gasteiger partial charge in [0.25, 0.3) is 0 Å². The molecule has 3 aromatic carbocycles. The minimum atomic E-state index is -2.56. The molecule has 1 atom stereocenters. The third-order valence-corrected chi connectivity index (χ3v) is 6.02. The first-order valence-electron chi connectivity index (χ1n) is 17.2. The van der Waals surface area contributed by atoms with Gasteiger partial charge in [0.05, 0.1) is 20.3 Å². The molecule has 3 aromatic rings. The summed E-state index contributed by atoms with van der Waals surface area (Å²) in [4.78, 5) is 15.2. The zero-order valence-electron chi connectivity index (χ0n) is 31.2. The lowest BCUT2D eigenvalue weighted by atomic mass is 9.64. The molecule has 2 aliphatic rings. The molecule has 0 aliphatic carbocycles. The van der Waals surface area contributed by atoms with Crippen molar-refractivity contribution < 1.29 is 28.7 Å². The smallest absolute Gasteiger partial charge is 0.232 e. The first-order chi connectivity index (χ1) is 21.3. The number of nitrogens with zero attached hydrogens (tertiary/aromatic N) is 1. The van der Waals surface area contributed by atoms with E-state index in [1.165, 1.54) is 11.0 Å². The summed E-state index contributed by atoms with van der Waals surface area (Å²) in [5.74, 6) is -2.16. The number of likely N-dealkylation sites (tertiary alicyclic amines) is 1. The van der Waals surface area contributed by atoms with E-state index in [0.29, 0.717) is 11.3 Å². The van der Waals surface area contributed by atoms with Crippen molar-refractivity contribution in [3.05, 3.63) is 101 Å². The van der Waals surface area contributed by atoms with Gasteiger partial charge >= 0.3 is 0 Å². The molecule has 2 aliphatic heterocycles. The number of aryl methyl sites for hydroxylation is 1. The lowest BCUT2D eigenvalue weighted by molar-refractivity contribution is -0.123. The van der Waals surface area contributed by atoms with Crippen molar-refractivity contribution in [1.29, 1.82) is 0 Å². The Hall–Kier alpha value is -3.11. The van der Waals surface area contributed by atoms with Gasteiger partial charge in [-0.05, 0) is 53.6 Å². The molecule has 4 nitrogen and oxygen atoms in total. The van der Waals surface area contributed by atoms with E-state index in [2.05, 4.69) is 0 Å². The van der Waals surface area contributed by atoms with Crippen LogP contribution >= 0.6 is 0 Å². The number of nitrogens with two attached hydrogens (primary N) is 1. The Balaban J connectivity index is 1.68. The lowest BCUT2D eigenvalue weighted by Gasteiger charge is -2.37. The van der Waals surface area contributed by atoms with Crippen molar-refractivity contribution in [1.82, 2.24) is 4.90 Å². The molecule has 0 saturated carbocycles. The maximum Gasteiger partial charge on any atom is 0.232 e. The molecule has 0 aromatic heterocycles. The number of hydrogen-bond acceptors (Lipinski definition) is 3. The molecule has 4 heteroatoms. The standard InChI is InChI=1S/C28H30N2O2/c29-27(31)28(23-7-3-1-4-8-23,24-9-5-2-6-10-24)25-14-17-30(20-25)16-13-21-11-12-26-22(19-21)15-18-32-26/h1-12,19,25H,13-18,20H2,(H2,29,31)/t25-/m1/s1/i1D,2D,3D,4D,5D,6D,7D,8D,9D,10D,15D2,16D2. The number of rotatable bonds is 7. The van der Waals surface area contributed by atoms with Gasteiger partial charge in [-0.3, -0.25) is 4.79 Å². The molecule has 0 radical (unpaired) electrons. The van der Waals surface area contributed by atoms with Gasteiger partial charge in [0.1, 0.15) is 11.2 Å². The van der Waals surface area contributed by atoms with E-state index < -0.39 is 102 Å². The fraction of sp³-hybridized carbons (Fsp3) is 0.321. The predicted octanol–water partition coefficient (Wildman–Crippen LogP) is 3.96. The molecule has 0 bridgehead atoms. The summed E-state index contributed by atoms with van der Waals surface area (Å²) in [7, 11) is 0. The summed E-state index contributed by atoms with van der Waals surface area (Å²) in [6, 6.07) is -3.48. The number of carbonyl (C=O) groups excluding carboxylic acids is 1. The van der Waals surface area contributed by atoms with E-state index in [0.717, 1.165) is 0 Å². The second kappa shape index (κ2) is 8.79. The van der Waals surface area contributed by atoms with Gasteiger partial charge in [-0.1, -0.05) is 72.6 Å². The molecule has 0 unspecified atom stereocenters. The number of hydrogen-bond donors (Lipinski definition) is 1. The Labute approximate surface area is 209 Å². The minimum Gasteiger partial charge on any atom is -0.493 e. The predicted molar refractivity (Wildman–Crippen MR) is 127 cm³/mol. The van der Waals surface area contributed by atoms with Crippen LogP contribution in [0.4, 0.5) is 0 Å². The molecule has 2 heterocycles. The van der Waals surface area contributed by atoms with Crippen LogP contribution in [0.1, 0.15) is 47.9 Å². The molecular weight excluding hydrogens is 396 g/mol. The van der Waals surface area contributed by atoms with E-state index in [1.807, 2.05) is 0 Å². The van der Waals surface area contributed by atoms with Crippen LogP contribution in [0.25, 0.3) is 0 Å². The van der Waals surface area contributed by atoms with Crippen LogP contribution in [-0.2, 0) is 23.0 Å². The highest BCUT2D eigenvalue weighted by molar-refractivity contribution is 5.91. The Bertz CT molecular complexity index is 1650. The first kappa shape index (κ1) is 10.2. The van der Waals surface area contributed by atoms with Crippen LogP contribution in [0.5, 0.6) is 5.75 Å². The van der Waals surface area contributed by atoms with E-state index in [1.54, 1.807) is 12.1 Å². The largest absolute Gasteiger partial charge is 0.493 e. The molecular formula is C28H30N2O2. The average Bonchev–Trinajstić information content (AvgIpc) is 3.61. The van der Waals surface area contributed by atoms with E-state index >= 15 is 0 Å². The summed E-state index contributed by atoms with van der Waals surface area (Å²) in [6.07, 6.45) is -2.05. The van der Waals surface area contributed by atoms with Crippen LogP contribution in [0.15, 0.2) is 78.6 Å². The SMILES string of the molecule is [2H]c1c([2H])c([2H])c(C(C(N)=O)(c2c([2H])c([2H])c([2H])c([2H])c2[2H])[C@@H]2CCN(C([2H])([2H])Cc3ccc4c(c3)C([2H])([2H])CO4)C2)c([2H])c1[2H]. The zero-order chi connectivity index (χ0) is 34.3. The second-order valence-electron chi connectivity index (χ2n) is 7.73. The Kier molecular flexibility index (Phi) is 2.81. The molecule has 0 spiro atoms. The van der Waals surface area contributed by atoms with Crippen LogP contribution < -0.4 is 10.5 Å². The second-order valence-corrected chi connectivity index (χ2v) is 7.73. The summed E-state index contributed by atoms with van der Waals surface area (Å²) in [5.41, 5.74) is 2.92. The highest BCUT2D eigenvalue weighted by Crippen LogP contribution is 2.43. The van der Waals surface area contributed by atoms with Crippen molar-refractivity contribution in [2.75, 3.05) is 26.2 Å². The quantitative estimate of drug-likeness (QED) is 0.605. The third kappa shape index (κ3) is 3.69. The number of carbonyl (C=O) groups is 1. The molecule has 1 fully saturated rings. The Morgan fingerprint density at radius 1 is 1.16 bits per heavy atom. The van der Waals surface area contributed by atoms with E-state index in [9.17, 15) is 4.79 Å². The number of benzene rings is 3. The monoisotopic (exact) mass is 440 g/mol. The van der Waals surface area contributed by atoms with Gasteiger partial charge in [0.15, 0.2) is 0 Å². The summed E-state index contributed by atoms with van der Waals surface area (Å²) in [5, 5.41) is 0. The van der Waals surface area contributed by atoms with Crippen molar-refractivity contribution >= 4 is 5.91 Å². The van der Waals surface area contributed by atoms with Crippen LogP contribution in [0.3, 0.4) is 0 Å². The van der Waals surface area contributed by atoms with Gasteiger partial charge in [-0.25, -0.2) is 0 Å². The van der Waals surface area contributed by atoms with Gasteiger partial charge in [-0.15, -0.1) is 0 Å². The van der Waals surface area contributed by atoms with Crippen molar-refractivity contribution in [2.24, 2.45) is 11.7 Å². The first-order valence-corrected chi connectivity index (χ1v) is 10.2. The van der Waals surface area contributed by atoms with Crippen LogP contribution in [0, 0.1) is 5.92 Å². The highest BCUT2D eigenvalue weighted by atomic mass is 16.5. The normalized spacial score (nSPS) is 26.6. The number of ether oxygens (including phenoxy) is 1. The van der Waals surface area contributed by atoms with Crippen LogP contribution in [-0.4, -0.2) is 37.0 Å². The Morgan fingerprint density at radius 3 is 2.50 bits per heavy atom.